The smallest absolute Gasteiger partial charge is 0.0572 e. The van der Waals surface area contributed by atoms with Crippen molar-refractivity contribution in [2.75, 3.05) is 7.11 Å². The Kier molecular flexibility index (Phi) is 3.22. The van der Waals surface area contributed by atoms with Gasteiger partial charge < -0.3 is 9.40 Å². The summed E-state index contributed by atoms with van der Waals surface area (Å²) in [6, 6.07) is 2.29. The Labute approximate surface area is 85.0 Å². The van der Waals surface area contributed by atoms with E-state index in [-0.39, 0.29) is 0 Å². The largest absolute Gasteiger partial charge is 0.351 e. The van der Waals surface area contributed by atoms with Crippen LogP contribution in [0.1, 0.15) is 30.5 Å². The van der Waals surface area contributed by atoms with Crippen molar-refractivity contribution >= 4 is 0 Å². The molecule has 0 amide bonds. The number of fused-ring (bicyclic) bond motifs is 1. The van der Waals surface area contributed by atoms with Crippen LogP contribution in [-0.2, 0) is 24.3 Å². The summed E-state index contributed by atoms with van der Waals surface area (Å²) in [6.07, 6.45) is 7.49. The molecule has 0 radical (unpaired) electrons. The molecule has 3 nitrogen and oxygen atoms in total. The molecule has 0 atom stereocenters. The second kappa shape index (κ2) is 4.62. The van der Waals surface area contributed by atoms with Crippen LogP contribution in [0, 0.1) is 0 Å². The zero-order valence-electron chi connectivity index (χ0n) is 8.75. The normalized spacial score (nSPS) is 16.4. The highest BCUT2D eigenvalue weighted by Crippen LogP contribution is 2.17. The van der Waals surface area contributed by atoms with E-state index in [0.717, 1.165) is 6.54 Å². The third-order valence-corrected chi connectivity index (χ3v) is 2.80. The van der Waals surface area contributed by atoms with Crippen molar-refractivity contribution < 1.29 is 4.84 Å². The summed E-state index contributed by atoms with van der Waals surface area (Å²) in [6.45, 7) is 1.98. The van der Waals surface area contributed by atoms with E-state index < -0.39 is 0 Å². The van der Waals surface area contributed by atoms with Crippen LogP contribution in [0.5, 0.6) is 0 Å². The Morgan fingerprint density at radius 2 is 2.36 bits per heavy atom. The highest BCUT2D eigenvalue weighted by Gasteiger charge is 2.08. The minimum absolute atomic E-state index is 0.802. The number of nitrogens with one attached hydrogen (secondary N) is 1. The van der Waals surface area contributed by atoms with Gasteiger partial charge in [-0.25, -0.2) is 0 Å². The van der Waals surface area contributed by atoms with Gasteiger partial charge >= 0.3 is 0 Å². The third-order valence-electron chi connectivity index (χ3n) is 2.80. The van der Waals surface area contributed by atoms with E-state index >= 15 is 0 Å². The van der Waals surface area contributed by atoms with E-state index in [2.05, 4.69) is 22.3 Å². The first-order valence-electron chi connectivity index (χ1n) is 5.34. The van der Waals surface area contributed by atoms with Gasteiger partial charge in [-0.1, -0.05) is 6.42 Å². The second-order valence-corrected chi connectivity index (χ2v) is 3.87. The molecule has 78 valence electrons. The van der Waals surface area contributed by atoms with Crippen molar-refractivity contribution in [2.24, 2.45) is 0 Å². The van der Waals surface area contributed by atoms with Crippen LogP contribution in [0.3, 0.4) is 0 Å². The number of hydrogen-bond donors (Lipinski definition) is 1. The Morgan fingerprint density at radius 3 is 3.21 bits per heavy atom. The van der Waals surface area contributed by atoms with E-state index in [1.54, 1.807) is 7.11 Å². The first-order valence-corrected chi connectivity index (χ1v) is 5.34. The summed E-state index contributed by atoms with van der Waals surface area (Å²) >= 11 is 0. The van der Waals surface area contributed by atoms with Gasteiger partial charge in [-0.3, -0.25) is 0 Å². The van der Waals surface area contributed by atoms with Gasteiger partial charge in [-0.2, -0.15) is 5.48 Å². The predicted molar refractivity (Wildman–Crippen MR) is 55.8 cm³/mol. The second-order valence-electron chi connectivity index (χ2n) is 3.87. The van der Waals surface area contributed by atoms with E-state index in [0.29, 0.717) is 0 Å². The molecular formula is C11H18N2O. The lowest BCUT2D eigenvalue weighted by Gasteiger charge is -2.01. The fourth-order valence-electron chi connectivity index (χ4n) is 2.06. The molecule has 1 aromatic rings. The van der Waals surface area contributed by atoms with Gasteiger partial charge in [-0.15, -0.1) is 0 Å². The SMILES string of the molecule is CONCc1cc2n(c1)CCCCC2. The lowest BCUT2D eigenvalue weighted by atomic mass is 10.2. The zero-order valence-corrected chi connectivity index (χ0v) is 8.75. The summed E-state index contributed by atoms with van der Waals surface area (Å²) in [5, 5.41) is 0. The number of aromatic nitrogens is 1. The molecule has 1 N–H and O–H groups in total. The summed E-state index contributed by atoms with van der Waals surface area (Å²) in [5.74, 6) is 0. The van der Waals surface area contributed by atoms with Crippen molar-refractivity contribution in [2.45, 2.75) is 38.8 Å². The van der Waals surface area contributed by atoms with Crippen LogP contribution >= 0.6 is 0 Å². The van der Waals surface area contributed by atoms with Crippen molar-refractivity contribution in [3.8, 4) is 0 Å². The molecule has 0 spiro atoms. The first-order chi connectivity index (χ1) is 6.90. The molecule has 2 heterocycles. The Hall–Kier alpha value is -0.800. The molecule has 0 fully saturated rings. The van der Waals surface area contributed by atoms with Crippen LogP contribution in [0.2, 0.25) is 0 Å². The average molecular weight is 194 g/mol. The summed E-state index contributed by atoms with van der Waals surface area (Å²) in [4.78, 5) is 4.84. The fourth-order valence-corrected chi connectivity index (χ4v) is 2.06. The van der Waals surface area contributed by atoms with Crippen LogP contribution in [0.25, 0.3) is 0 Å². The van der Waals surface area contributed by atoms with Crippen molar-refractivity contribution in [3.63, 3.8) is 0 Å². The molecule has 0 saturated heterocycles. The van der Waals surface area contributed by atoms with Crippen LogP contribution in [0.15, 0.2) is 12.3 Å². The quantitative estimate of drug-likeness (QED) is 0.743. The summed E-state index contributed by atoms with van der Waals surface area (Å²) < 4.78 is 2.39. The third kappa shape index (κ3) is 2.16. The first kappa shape index (κ1) is 9.74. The summed E-state index contributed by atoms with van der Waals surface area (Å²) in [7, 11) is 1.65. The number of rotatable bonds is 3. The van der Waals surface area contributed by atoms with Gasteiger partial charge in [0.1, 0.15) is 0 Å². The molecule has 0 saturated carbocycles. The maximum Gasteiger partial charge on any atom is 0.0572 e. The predicted octanol–water partition coefficient (Wildman–Crippen LogP) is 1.87. The van der Waals surface area contributed by atoms with Gasteiger partial charge in [0.15, 0.2) is 0 Å². The van der Waals surface area contributed by atoms with Gasteiger partial charge in [0.25, 0.3) is 0 Å². The van der Waals surface area contributed by atoms with E-state index in [1.165, 1.54) is 43.5 Å². The number of nitrogens with zero attached hydrogens (tertiary/aromatic N) is 1. The minimum atomic E-state index is 0.802. The van der Waals surface area contributed by atoms with Gasteiger partial charge in [0.2, 0.25) is 0 Å². The number of aryl methyl sites for hydroxylation is 2. The molecule has 3 heteroatoms. The van der Waals surface area contributed by atoms with Gasteiger partial charge in [0.05, 0.1) is 7.11 Å². The Bertz CT molecular complexity index is 270. The molecule has 0 unspecified atom stereocenters. The Balaban J connectivity index is 2.06. The minimum Gasteiger partial charge on any atom is -0.351 e. The highest BCUT2D eigenvalue weighted by molar-refractivity contribution is 5.19. The van der Waals surface area contributed by atoms with Crippen LogP contribution in [-0.4, -0.2) is 11.7 Å². The molecule has 1 aromatic heterocycles. The highest BCUT2D eigenvalue weighted by atomic mass is 16.6. The number of hydroxylamine groups is 1. The molecular weight excluding hydrogens is 176 g/mol. The maximum absolute atomic E-state index is 4.84. The molecule has 14 heavy (non-hydrogen) atoms. The molecule has 0 aliphatic carbocycles. The van der Waals surface area contributed by atoms with E-state index in [1.807, 2.05) is 0 Å². The fraction of sp³-hybridized carbons (Fsp3) is 0.636. The maximum atomic E-state index is 4.84. The topological polar surface area (TPSA) is 26.2 Å². The van der Waals surface area contributed by atoms with Crippen LogP contribution in [0.4, 0.5) is 0 Å². The van der Waals surface area contributed by atoms with Crippen molar-refractivity contribution in [1.29, 1.82) is 0 Å². The molecule has 1 aliphatic heterocycles. The van der Waals surface area contributed by atoms with Crippen molar-refractivity contribution in [1.82, 2.24) is 10.0 Å². The molecule has 1 aliphatic rings. The van der Waals surface area contributed by atoms with E-state index in [9.17, 15) is 0 Å². The Morgan fingerprint density at radius 1 is 1.43 bits per heavy atom. The van der Waals surface area contributed by atoms with Gasteiger partial charge in [-0.05, 0) is 30.9 Å². The molecule has 0 bridgehead atoms. The number of hydrogen-bond acceptors (Lipinski definition) is 2. The lowest BCUT2D eigenvalue weighted by molar-refractivity contribution is 0.0867. The monoisotopic (exact) mass is 194 g/mol. The van der Waals surface area contributed by atoms with Crippen LogP contribution < -0.4 is 5.48 Å². The van der Waals surface area contributed by atoms with Crippen molar-refractivity contribution in [3.05, 3.63) is 23.5 Å². The van der Waals surface area contributed by atoms with Gasteiger partial charge in [0, 0.05) is 25.0 Å². The lowest BCUT2D eigenvalue weighted by Crippen LogP contribution is -2.10. The molecule has 0 aromatic carbocycles. The standard InChI is InChI=1S/C11H18N2O/c1-14-12-8-10-7-11-5-3-2-4-6-13(11)9-10/h7,9,12H,2-6,8H2,1H3. The summed E-state index contributed by atoms with van der Waals surface area (Å²) in [5.41, 5.74) is 5.68. The average Bonchev–Trinajstić information content (AvgIpc) is 2.46. The van der Waals surface area contributed by atoms with E-state index in [4.69, 9.17) is 4.84 Å². The zero-order chi connectivity index (χ0) is 9.80. The molecule has 2 rings (SSSR count).